The maximum Gasteiger partial charge on any atom is 0.209 e. The zero-order chi connectivity index (χ0) is 13.7. The van der Waals surface area contributed by atoms with Gasteiger partial charge in [0.05, 0.1) is 5.56 Å². The molecule has 2 rings (SSSR count). The Labute approximate surface area is 113 Å². The number of hydrogen-bond donors (Lipinski definition) is 1. The normalized spacial score (nSPS) is 10.1. The molecule has 1 aromatic carbocycles. The van der Waals surface area contributed by atoms with E-state index in [1.165, 1.54) is 17.8 Å². The molecule has 0 radical (unpaired) electrons. The van der Waals surface area contributed by atoms with Crippen LogP contribution in [0.3, 0.4) is 0 Å². The number of rotatable bonds is 3. The van der Waals surface area contributed by atoms with E-state index in [4.69, 9.17) is 5.11 Å². The Hall–Kier alpha value is -1.91. The highest BCUT2D eigenvalue weighted by Gasteiger charge is 2.05. The summed E-state index contributed by atoms with van der Waals surface area (Å²) < 4.78 is 15.0. The summed E-state index contributed by atoms with van der Waals surface area (Å²) in [5.41, 5.74) is 1.19. The first-order chi connectivity index (χ1) is 9.20. The van der Waals surface area contributed by atoms with Crippen molar-refractivity contribution in [3.05, 3.63) is 35.1 Å². The topological polar surface area (TPSA) is 63.8 Å². The number of tetrazole rings is 1. The molecule has 0 aliphatic rings. The summed E-state index contributed by atoms with van der Waals surface area (Å²) in [7, 11) is 1.76. The molecule has 1 heterocycles. The van der Waals surface area contributed by atoms with Crippen LogP contribution in [0.5, 0.6) is 0 Å². The van der Waals surface area contributed by atoms with Crippen molar-refractivity contribution in [3.63, 3.8) is 0 Å². The van der Waals surface area contributed by atoms with E-state index < -0.39 is 5.82 Å². The summed E-state index contributed by atoms with van der Waals surface area (Å²) in [5, 5.41) is 20.4. The highest BCUT2D eigenvalue weighted by atomic mass is 32.2. The number of hydrogen-bond acceptors (Lipinski definition) is 5. The van der Waals surface area contributed by atoms with E-state index in [1.807, 2.05) is 0 Å². The molecule has 0 aliphatic carbocycles. The Morgan fingerprint density at radius 3 is 3.00 bits per heavy atom. The second-order valence-electron chi connectivity index (χ2n) is 3.65. The molecule has 7 heteroatoms. The zero-order valence-electron chi connectivity index (χ0n) is 10.2. The molecule has 0 aliphatic heterocycles. The molecule has 1 N–H and O–H groups in total. The van der Waals surface area contributed by atoms with Crippen LogP contribution in [0.15, 0.2) is 23.4 Å². The first-order valence-electron chi connectivity index (χ1n) is 5.44. The fraction of sp³-hybridized carbons (Fsp3) is 0.250. The second-order valence-corrected chi connectivity index (χ2v) is 4.59. The molecule has 98 valence electrons. The van der Waals surface area contributed by atoms with Gasteiger partial charge in [-0.3, -0.25) is 0 Å². The molecule has 2 aromatic rings. The molecule has 0 amide bonds. The maximum atomic E-state index is 13.4. The van der Waals surface area contributed by atoms with Gasteiger partial charge >= 0.3 is 0 Å². The van der Waals surface area contributed by atoms with Gasteiger partial charge in [0, 0.05) is 12.8 Å². The zero-order valence-corrected chi connectivity index (χ0v) is 11.0. The van der Waals surface area contributed by atoms with E-state index in [1.54, 1.807) is 23.9 Å². The van der Waals surface area contributed by atoms with Crippen LogP contribution in [-0.2, 0) is 12.8 Å². The number of benzene rings is 1. The van der Waals surface area contributed by atoms with Gasteiger partial charge < -0.3 is 5.11 Å². The van der Waals surface area contributed by atoms with Gasteiger partial charge in [-0.15, -0.1) is 5.10 Å². The van der Waals surface area contributed by atoms with Crippen molar-refractivity contribution in [1.82, 2.24) is 20.2 Å². The van der Waals surface area contributed by atoms with Crippen LogP contribution in [0, 0.1) is 17.7 Å². The van der Waals surface area contributed by atoms with E-state index in [9.17, 15) is 4.39 Å². The van der Waals surface area contributed by atoms with Gasteiger partial charge in [0.1, 0.15) is 12.4 Å². The highest BCUT2D eigenvalue weighted by molar-refractivity contribution is 7.98. The van der Waals surface area contributed by atoms with Crippen molar-refractivity contribution in [2.24, 2.45) is 7.05 Å². The molecule has 0 saturated carbocycles. The lowest BCUT2D eigenvalue weighted by Gasteiger charge is -2.02. The van der Waals surface area contributed by atoms with Crippen LogP contribution in [0.1, 0.15) is 11.1 Å². The van der Waals surface area contributed by atoms with E-state index in [0.29, 0.717) is 10.9 Å². The van der Waals surface area contributed by atoms with Crippen molar-refractivity contribution in [3.8, 4) is 11.8 Å². The predicted molar refractivity (Wildman–Crippen MR) is 68.7 cm³/mol. The van der Waals surface area contributed by atoms with E-state index in [0.717, 1.165) is 5.56 Å². The highest BCUT2D eigenvalue weighted by Crippen LogP contribution is 2.20. The first-order valence-corrected chi connectivity index (χ1v) is 6.42. The summed E-state index contributed by atoms with van der Waals surface area (Å²) in [6, 6.07) is 4.72. The Kier molecular flexibility index (Phi) is 4.49. The van der Waals surface area contributed by atoms with E-state index in [2.05, 4.69) is 27.4 Å². The Morgan fingerprint density at radius 2 is 2.32 bits per heavy atom. The molecular formula is C12H11FN4OS. The SMILES string of the molecule is Cn1nnnc1SCc1ccc(F)c(C#CCO)c1. The van der Waals surface area contributed by atoms with E-state index >= 15 is 0 Å². The number of thioether (sulfide) groups is 1. The number of aliphatic hydroxyl groups is 1. The fourth-order valence-electron chi connectivity index (χ4n) is 1.38. The number of halogens is 1. The molecule has 5 nitrogen and oxygen atoms in total. The Bertz CT molecular complexity index is 632. The fourth-order valence-corrected chi connectivity index (χ4v) is 2.18. The molecule has 0 atom stereocenters. The second kappa shape index (κ2) is 6.31. The third-order valence-corrected chi connectivity index (χ3v) is 3.36. The minimum Gasteiger partial charge on any atom is -0.384 e. The maximum absolute atomic E-state index is 13.4. The van der Waals surface area contributed by atoms with Crippen LogP contribution in [0.2, 0.25) is 0 Å². The quantitative estimate of drug-likeness (QED) is 0.670. The summed E-state index contributed by atoms with van der Waals surface area (Å²) >= 11 is 1.45. The number of aromatic nitrogens is 4. The lowest BCUT2D eigenvalue weighted by molar-refractivity contribution is 0.350. The van der Waals surface area contributed by atoms with Crippen molar-refractivity contribution >= 4 is 11.8 Å². The number of aliphatic hydroxyl groups excluding tert-OH is 1. The Balaban J connectivity index is 2.11. The third kappa shape index (κ3) is 3.53. The summed E-state index contributed by atoms with van der Waals surface area (Å²) in [6.07, 6.45) is 0. The molecular weight excluding hydrogens is 267 g/mol. The molecule has 0 fully saturated rings. The molecule has 0 bridgehead atoms. The van der Waals surface area contributed by atoms with Gasteiger partial charge in [-0.2, -0.15) is 0 Å². The smallest absolute Gasteiger partial charge is 0.209 e. The van der Waals surface area contributed by atoms with Crippen LogP contribution >= 0.6 is 11.8 Å². The van der Waals surface area contributed by atoms with Gasteiger partial charge in [0.25, 0.3) is 0 Å². The summed E-state index contributed by atoms with van der Waals surface area (Å²) in [6.45, 7) is -0.289. The van der Waals surface area contributed by atoms with Crippen molar-refractivity contribution in [1.29, 1.82) is 0 Å². The Morgan fingerprint density at radius 1 is 1.47 bits per heavy atom. The van der Waals surface area contributed by atoms with Crippen LogP contribution in [0.25, 0.3) is 0 Å². The summed E-state index contributed by atoms with van der Waals surface area (Å²) in [4.78, 5) is 0. The molecule has 0 saturated heterocycles. The minimum absolute atomic E-state index is 0.281. The molecule has 1 aromatic heterocycles. The van der Waals surface area contributed by atoms with Crippen molar-refractivity contribution < 1.29 is 9.50 Å². The van der Waals surface area contributed by atoms with Gasteiger partial charge in [-0.25, -0.2) is 9.07 Å². The van der Waals surface area contributed by atoms with Crippen LogP contribution in [-0.4, -0.2) is 31.9 Å². The molecule has 0 spiro atoms. The van der Waals surface area contributed by atoms with Gasteiger partial charge in [-0.05, 0) is 28.1 Å². The number of nitrogens with zero attached hydrogens (tertiary/aromatic N) is 4. The van der Waals surface area contributed by atoms with Crippen LogP contribution < -0.4 is 0 Å². The standard InChI is InChI=1S/C12H11FN4OS/c1-17-12(14-15-16-17)19-8-9-4-5-11(13)10(7-9)3-2-6-18/h4-5,7,18H,6,8H2,1H3. The minimum atomic E-state index is -0.393. The molecule has 0 unspecified atom stereocenters. The average Bonchev–Trinajstić information content (AvgIpc) is 2.82. The van der Waals surface area contributed by atoms with Gasteiger partial charge in [-0.1, -0.05) is 29.7 Å². The van der Waals surface area contributed by atoms with Crippen molar-refractivity contribution in [2.45, 2.75) is 10.9 Å². The lowest BCUT2D eigenvalue weighted by atomic mass is 10.1. The monoisotopic (exact) mass is 278 g/mol. The average molecular weight is 278 g/mol. The van der Waals surface area contributed by atoms with E-state index in [-0.39, 0.29) is 12.2 Å². The molecule has 19 heavy (non-hydrogen) atoms. The first kappa shape index (κ1) is 13.5. The van der Waals surface area contributed by atoms with Gasteiger partial charge in [0.2, 0.25) is 5.16 Å². The lowest BCUT2D eigenvalue weighted by Crippen LogP contribution is -1.94. The third-order valence-electron chi connectivity index (χ3n) is 2.28. The number of aryl methyl sites for hydroxylation is 1. The van der Waals surface area contributed by atoms with Crippen LogP contribution in [0.4, 0.5) is 4.39 Å². The predicted octanol–water partition coefficient (Wildman–Crippen LogP) is 0.985. The summed E-state index contributed by atoms with van der Waals surface area (Å²) in [5.74, 6) is 5.23. The van der Waals surface area contributed by atoms with Crippen molar-refractivity contribution in [2.75, 3.05) is 6.61 Å². The van der Waals surface area contributed by atoms with Gasteiger partial charge in [0.15, 0.2) is 0 Å². The largest absolute Gasteiger partial charge is 0.384 e.